The fourth-order valence-corrected chi connectivity index (χ4v) is 3.67. The van der Waals surface area contributed by atoms with Gasteiger partial charge < -0.3 is 15.4 Å². The quantitative estimate of drug-likeness (QED) is 0.371. The molecule has 2 aromatic carbocycles. The summed E-state index contributed by atoms with van der Waals surface area (Å²) in [5.74, 6) is 1.29. The van der Waals surface area contributed by atoms with Crippen molar-refractivity contribution in [3.63, 3.8) is 0 Å². The topological polar surface area (TPSA) is 63.5 Å². The molecule has 32 heavy (non-hydrogen) atoms. The highest BCUT2D eigenvalue weighted by Crippen LogP contribution is 2.25. The zero-order valence-electron chi connectivity index (χ0n) is 18.0. The number of nitrogens with one attached hydrogen (secondary N) is 2. The van der Waals surface area contributed by atoms with Gasteiger partial charge in [-0.2, -0.15) is 0 Å². The van der Waals surface area contributed by atoms with Gasteiger partial charge in [-0.1, -0.05) is 12.1 Å². The molecule has 0 unspecified atom stereocenters. The summed E-state index contributed by atoms with van der Waals surface area (Å²) in [6.07, 6.45) is 4.38. The number of aromatic nitrogens is 3. The monoisotopic (exact) mass is 431 g/mol. The molecule has 164 valence electrons. The largest absolute Gasteiger partial charge is 0.492 e. The van der Waals surface area contributed by atoms with E-state index >= 15 is 0 Å². The van der Waals surface area contributed by atoms with Gasteiger partial charge in [0.15, 0.2) is 5.65 Å². The zero-order chi connectivity index (χ0) is 21.9. The first kappa shape index (κ1) is 20.5. The minimum Gasteiger partial charge on any atom is -0.492 e. The molecule has 0 bridgehead atoms. The average molecular weight is 432 g/mol. The number of anilines is 1. The molecule has 2 heterocycles. The Bertz CT molecular complexity index is 1200. The number of nitrogens with zero attached hydrogens (tertiary/aromatic N) is 3. The number of hydrogen-bond donors (Lipinski definition) is 2. The maximum absolute atomic E-state index is 13.6. The van der Waals surface area contributed by atoms with Gasteiger partial charge in [-0.05, 0) is 73.9 Å². The Balaban J connectivity index is 1.29. The summed E-state index contributed by atoms with van der Waals surface area (Å²) >= 11 is 0. The highest BCUT2D eigenvalue weighted by atomic mass is 19.1. The minimum absolute atomic E-state index is 0.0894. The lowest BCUT2D eigenvalue weighted by Gasteiger charge is -2.15. The first-order valence-corrected chi connectivity index (χ1v) is 11.0. The highest BCUT2D eigenvalue weighted by molar-refractivity contribution is 5.64. The van der Waals surface area contributed by atoms with Gasteiger partial charge in [0, 0.05) is 18.2 Å². The van der Waals surface area contributed by atoms with Crippen LogP contribution in [0.3, 0.4) is 0 Å². The molecular formula is C25H26FN5O. The van der Waals surface area contributed by atoms with E-state index < -0.39 is 0 Å². The number of benzene rings is 2. The van der Waals surface area contributed by atoms with Crippen LogP contribution in [0, 0.1) is 5.82 Å². The van der Waals surface area contributed by atoms with Crippen molar-refractivity contribution in [3.05, 3.63) is 78.2 Å². The summed E-state index contributed by atoms with van der Waals surface area (Å²) in [5, 5.41) is 11.5. The second-order valence-corrected chi connectivity index (χ2v) is 8.15. The van der Waals surface area contributed by atoms with E-state index in [1.54, 1.807) is 6.07 Å². The van der Waals surface area contributed by atoms with Crippen LogP contribution in [0.1, 0.15) is 31.4 Å². The molecule has 1 aliphatic carbocycles. The number of imidazole rings is 1. The number of hydrogen-bond acceptors (Lipinski definition) is 5. The number of rotatable bonds is 9. The Morgan fingerprint density at radius 2 is 1.97 bits per heavy atom. The van der Waals surface area contributed by atoms with E-state index in [9.17, 15) is 4.39 Å². The van der Waals surface area contributed by atoms with Gasteiger partial charge in [-0.15, -0.1) is 5.10 Å². The van der Waals surface area contributed by atoms with Gasteiger partial charge in [0.1, 0.15) is 24.0 Å². The van der Waals surface area contributed by atoms with Crippen LogP contribution in [-0.4, -0.2) is 33.8 Å². The summed E-state index contributed by atoms with van der Waals surface area (Å²) < 4.78 is 21.2. The summed E-state index contributed by atoms with van der Waals surface area (Å²) in [4.78, 5) is 4.47. The lowest BCUT2D eigenvalue weighted by molar-refractivity contribution is 0.313. The van der Waals surface area contributed by atoms with Gasteiger partial charge in [-0.3, -0.25) is 0 Å². The summed E-state index contributed by atoms with van der Waals surface area (Å²) in [6, 6.07) is 19.0. The molecule has 7 heteroatoms. The summed E-state index contributed by atoms with van der Waals surface area (Å²) in [7, 11) is 0. The fraction of sp³-hybridized carbons (Fsp3) is 0.280. The van der Waals surface area contributed by atoms with Crippen molar-refractivity contribution >= 4 is 11.5 Å². The van der Waals surface area contributed by atoms with Gasteiger partial charge in [0.25, 0.3) is 0 Å². The Labute approximate surface area is 186 Å². The van der Waals surface area contributed by atoms with E-state index in [2.05, 4.69) is 15.6 Å². The standard InChI is InChI=1S/C25H26FN5O/c1-17(19-3-2-4-20(26)15-19)29-24-11-12-25-28-16-23(31(25)30-24)18-5-9-22(10-6-18)32-14-13-27-21-7-8-21/h2-6,9-12,15-17,21,27H,7-8,13-14H2,1H3,(H,29,30)/t17-/m1/s1. The molecular weight excluding hydrogens is 405 g/mol. The van der Waals surface area contributed by atoms with Crippen molar-refractivity contribution in [1.29, 1.82) is 0 Å². The number of fused-ring (bicyclic) bond motifs is 1. The molecule has 2 aromatic heterocycles. The summed E-state index contributed by atoms with van der Waals surface area (Å²) in [6.45, 7) is 3.51. The molecule has 6 nitrogen and oxygen atoms in total. The van der Waals surface area contributed by atoms with Gasteiger partial charge >= 0.3 is 0 Å². The highest BCUT2D eigenvalue weighted by Gasteiger charge is 2.19. The van der Waals surface area contributed by atoms with E-state index in [4.69, 9.17) is 9.84 Å². The molecule has 1 aliphatic rings. The van der Waals surface area contributed by atoms with E-state index in [0.29, 0.717) is 18.5 Å². The van der Waals surface area contributed by atoms with Crippen molar-refractivity contribution in [3.8, 4) is 17.0 Å². The van der Waals surface area contributed by atoms with Crippen LogP contribution in [0.15, 0.2) is 66.9 Å². The third-order valence-corrected chi connectivity index (χ3v) is 5.61. The Kier molecular flexibility index (Phi) is 5.73. The predicted molar refractivity (Wildman–Crippen MR) is 123 cm³/mol. The van der Waals surface area contributed by atoms with Crippen molar-refractivity contribution < 1.29 is 9.13 Å². The van der Waals surface area contributed by atoms with Crippen molar-refractivity contribution in [2.45, 2.75) is 31.8 Å². The number of halogens is 1. The lowest BCUT2D eigenvalue weighted by Crippen LogP contribution is -2.22. The van der Waals surface area contributed by atoms with E-state index in [0.717, 1.165) is 34.8 Å². The average Bonchev–Trinajstić information content (AvgIpc) is 3.54. The van der Waals surface area contributed by atoms with Crippen molar-refractivity contribution in [1.82, 2.24) is 19.9 Å². The molecule has 1 saturated carbocycles. The normalized spacial score (nSPS) is 14.4. The molecule has 5 rings (SSSR count). The second kappa shape index (κ2) is 8.96. The van der Waals surface area contributed by atoms with Crippen LogP contribution in [0.5, 0.6) is 5.75 Å². The summed E-state index contributed by atoms with van der Waals surface area (Å²) in [5.41, 5.74) is 3.52. The van der Waals surface area contributed by atoms with Crippen LogP contribution >= 0.6 is 0 Å². The Hall–Kier alpha value is -3.45. The predicted octanol–water partition coefficient (Wildman–Crippen LogP) is 4.84. The van der Waals surface area contributed by atoms with E-state index in [-0.39, 0.29) is 11.9 Å². The lowest BCUT2D eigenvalue weighted by atomic mass is 10.1. The van der Waals surface area contributed by atoms with Crippen LogP contribution in [-0.2, 0) is 0 Å². The second-order valence-electron chi connectivity index (χ2n) is 8.15. The SMILES string of the molecule is C[C@@H](Nc1ccc2ncc(-c3ccc(OCCNC4CC4)cc3)n2n1)c1cccc(F)c1. The van der Waals surface area contributed by atoms with Gasteiger partial charge in [-0.25, -0.2) is 13.9 Å². The molecule has 1 atom stereocenters. The Morgan fingerprint density at radius 3 is 2.75 bits per heavy atom. The third kappa shape index (κ3) is 4.73. The molecule has 4 aromatic rings. The molecule has 0 saturated heterocycles. The molecule has 0 aliphatic heterocycles. The van der Waals surface area contributed by atoms with Crippen LogP contribution in [0.2, 0.25) is 0 Å². The van der Waals surface area contributed by atoms with Crippen molar-refractivity contribution in [2.24, 2.45) is 0 Å². The molecule has 0 spiro atoms. The van der Waals surface area contributed by atoms with Gasteiger partial charge in [0.05, 0.1) is 17.9 Å². The van der Waals surface area contributed by atoms with Crippen LogP contribution in [0.4, 0.5) is 10.2 Å². The fourth-order valence-electron chi connectivity index (χ4n) is 3.67. The van der Waals surface area contributed by atoms with Crippen LogP contribution in [0.25, 0.3) is 16.9 Å². The number of ether oxygens (including phenoxy) is 1. The van der Waals surface area contributed by atoms with Crippen LogP contribution < -0.4 is 15.4 Å². The molecule has 0 amide bonds. The smallest absolute Gasteiger partial charge is 0.154 e. The maximum Gasteiger partial charge on any atom is 0.154 e. The molecule has 2 N–H and O–H groups in total. The third-order valence-electron chi connectivity index (χ3n) is 5.61. The van der Waals surface area contributed by atoms with E-state index in [1.165, 1.54) is 25.0 Å². The Morgan fingerprint density at radius 1 is 1.12 bits per heavy atom. The van der Waals surface area contributed by atoms with Gasteiger partial charge in [0.2, 0.25) is 0 Å². The maximum atomic E-state index is 13.6. The van der Waals surface area contributed by atoms with E-state index in [1.807, 2.05) is 60.1 Å². The molecule has 1 fully saturated rings. The first-order valence-electron chi connectivity index (χ1n) is 11.0. The zero-order valence-corrected chi connectivity index (χ0v) is 18.0. The first-order chi connectivity index (χ1) is 15.7. The minimum atomic E-state index is -0.247. The van der Waals surface area contributed by atoms with Crippen molar-refractivity contribution in [2.75, 3.05) is 18.5 Å². The molecule has 0 radical (unpaired) electrons.